The van der Waals surface area contributed by atoms with E-state index in [1.54, 1.807) is 23.1 Å². The first-order valence-corrected chi connectivity index (χ1v) is 9.19. The van der Waals surface area contributed by atoms with E-state index in [-0.39, 0.29) is 18.0 Å². The molecule has 8 heteroatoms. The van der Waals surface area contributed by atoms with E-state index in [0.29, 0.717) is 46.2 Å². The number of carbonyl (C=O) groups excluding carboxylic acids is 1. The van der Waals surface area contributed by atoms with Gasteiger partial charge in [0.25, 0.3) is 11.5 Å². The predicted octanol–water partition coefficient (Wildman–Crippen LogP) is 3.13. The number of amides is 1. The van der Waals surface area contributed by atoms with Crippen LogP contribution in [0.15, 0.2) is 58.1 Å². The number of fused-ring (bicyclic) bond motifs is 2. The van der Waals surface area contributed by atoms with Gasteiger partial charge in [0.05, 0.1) is 29.8 Å². The van der Waals surface area contributed by atoms with E-state index in [2.05, 4.69) is 10.1 Å². The SMILES string of the molecule is O=C(c1ccoc1)N1CCc2c(nc3cc(-c4ccccc4Cl)[nH]n3c2=O)C1. The first-order valence-electron chi connectivity index (χ1n) is 8.82. The van der Waals surface area contributed by atoms with Gasteiger partial charge >= 0.3 is 0 Å². The number of H-pyrrole nitrogens is 1. The molecule has 5 rings (SSSR count). The fourth-order valence-corrected chi connectivity index (χ4v) is 3.79. The Kier molecular flexibility index (Phi) is 3.84. The number of nitrogens with one attached hydrogen (secondary N) is 1. The van der Waals surface area contributed by atoms with E-state index < -0.39 is 0 Å². The zero-order valence-electron chi connectivity index (χ0n) is 14.7. The third-order valence-electron chi connectivity index (χ3n) is 4.99. The third-order valence-corrected chi connectivity index (χ3v) is 5.32. The largest absolute Gasteiger partial charge is 0.472 e. The Balaban J connectivity index is 1.56. The van der Waals surface area contributed by atoms with Gasteiger partial charge in [0, 0.05) is 28.8 Å². The van der Waals surface area contributed by atoms with Gasteiger partial charge in [-0.2, -0.15) is 0 Å². The van der Waals surface area contributed by atoms with Crippen molar-refractivity contribution in [2.45, 2.75) is 13.0 Å². The van der Waals surface area contributed by atoms with E-state index in [1.807, 2.05) is 18.2 Å². The summed E-state index contributed by atoms with van der Waals surface area (Å²) in [6.45, 7) is 0.746. The van der Waals surface area contributed by atoms with Crippen LogP contribution in [0.3, 0.4) is 0 Å². The number of hydrogen-bond acceptors (Lipinski definition) is 4. The molecule has 1 aliphatic heterocycles. The fourth-order valence-electron chi connectivity index (χ4n) is 3.55. The number of aromatic amines is 1. The van der Waals surface area contributed by atoms with Gasteiger partial charge in [0.15, 0.2) is 5.65 Å². The van der Waals surface area contributed by atoms with E-state index in [0.717, 1.165) is 5.56 Å². The molecule has 0 saturated heterocycles. The molecule has 4 aromatic rings. The minimum atomic E-state index is -0.145. The summed E-state index contributed by atoms with van der Waals surface area (Å²) in [4.78, 5) is 31.8. The lowest BCUT2D eigenvalue weighted by Gasteiger charge is -2.27. The lowest BCUT2D eigenvalue weighted by molar-refractivity contribution is 0.0730. The van der Waals surface area contributed by atoms with Crippen molar-refractivity contribution in [2.24, 2.45) is 0 Å². The summed E-state index contributed by atoms with van der Waals surface area (Å²) in [5.74, 6) is -0.132. The van der Waals surface area contributed by atoms with Crippen LogP contribution in [-0.2, 0) is 13.0 Å². The molecule has 0 fully saturated rings. The first kappa shape index (κ1) is 16.8. The number of nitrogens with zero attached hydrogens (tertiary/aromatic N) is 3. The van der Waals surface area contributed by atoms with Crippen LogP contribution < -0.4 is 5.56 Å². The summed E-state index contributed by atoms with van der Waals surface area (Å²) in [5, 5.41) is 3.68. The van der Waals surface area contributed by atoms with E-state index in [4.69, 9.17) is 16.0 Å². The molecule has 7 nitrogen and oxygen atoms in total. The molecular weight excluding hydrogens is 380 g/mol. The Morgan fingerprint density at radius 2 is 2.11 bits per heavy atom. The van der Waals surface area contributed by atoms with Gasteiger partial charge in [-0.05, 0) is 18.6 Å². The molecule has 0 aliphatic carbocycles. The average molecular weight is 395 g/mol. The minimum absolute atomic E-state index is 0.132. The summed E-state index contributed by atoms with van der Waals surface area (Å²) in [6, 6.07) is 10.8. The van der Waals surface area contributed by atoms with Crippen LogP contribution in [0.5, 0.6) is 0 Å². The molecule has 1 amide bonds. The van der Waals surface area contributed by atoms with Crippen molar-refractivity contribution in [3.05, 3.63) is 81.1 Å². The van der Waals surface area contributed by atoms with E-state index >= 15 is 0 Å². The Morgan fingerprint density at radius 1 is 1.25 bits per heavy atom. The Bertz CT molecular complexity index is 1260. The highest BCUT2D eigenvalue weighted by molar-refractivity contribution is 6.33. The summed E-state index contributed by atoms with van der Waals surface area (Å²) in [5.41, 5.74) is 3.60. The number of aromatic nitrogens is 3. The zero-order chi connectivity index (χ0) is 19.3. The topological polar surface area (TPSA) is 83.6 Å². The van der Waals surface area contributed by atoms with Crippen molar-refractivity contribution in [1.82, 2.24) is 19.5 Å². The molecule has 1 aromatic carbocycles. The molecule has 0 atom stereocenters. The minimum Gasteiger partial charge on any atom is -0.472 e. The molecule has 28 heavy (non-hydrogen) atoms. The molecule has 0 radical (unpaired) electrons. The van der Waals surface area contributed by atoms with Crippen LogP contribution in [0.2, 0.25) is 5.02 Å². The van der Waals surface area contributed by atoms with Gasteiger partial charge in [-0.3, -0.25) is 14.7 Å². The second-order valence-electron chi connectivity index (χ2n) is 6.67. The van der Waals surface area contributed by atoms with Crippen molar-refractivity contribution in [2.75, 3.05) is 6.54 Å². The van der Waals surface area contributed by atoms with Gasteiger partial charge in [-0.1, -0.05) is 29.8 Å². The summed E-state index contributed by atoms with van der Waals surface area (Å²) >= 11 is 6.28. The summed E-state index contributed by atoms with van der Waals surface area (Å²) in [6.07, 6.45) is 3.34. The summed E-state index contributed by atoms with van der Waals surface area (Å²) < 4.78 is 6.43. The lowest BCUT2D eigenvalue weighted by Crippen LogP contribution is -2.39. The lowest BCUT2D eigenvalue weighted by atomic mass is 10.1. The molecule has 0 saturated carbocycles. The molecule has 1 N–H and O–H groups in total. The Labute approximate surface area is 164 Å². The molecule has 0 spiro atoms. The Morgan fingerprint density at radius 3 is 2.89 bits per heavy atom. The number of rotatable bonds is 2. The highest BCUT2D eigenvalue weighted by atomic mass is 35.5. The number of furan rings is 1. The fraction of sp³-hybridized carbons (Fsp3) is 0.150. The smallest absolute Gasteiger partial charge is 0.276 e. The van der Waals surface area contributed by atoms with Crippen LogP contribution in [0.1, 0.15) is 21.6 Å². The van der Waals surface area contributed by atoms with Crippen molar-refractivity contribution < 1.29 is 9.21 Å². The van der Waals surface area contributed by atoms with Crippen molar-refractivity contribution >= 4 is 23.2 Å². The molecule has 0 bridgehead atoms. The number of hydrogen-bond donors (Lipinski definition) is 1. The van der Waals surface area contributed by atoms with Crippen LogP contribution >= 0.6 is 11.6 Å². The highest BCUT2D eigenvalue weighted by Crippen LogP contribution is 2.27. The van der Waals surface area contributed by atoms with Crippen LogP contribution in [0, 0.1) is 0 Å². The third kappa shape index (κ3) is 2.63. The number of carbonyl (C=O) groups is 1. The molecule has 140 valence electrons. The van der Waals surface area contributed by atoms with Crippen LogP contribution in [0.4, 0.5) is 0 Å². The van der Waals surface area contributed by atoms with Gasteiger partial charge in [-0.25, -0.2) is 9.50 Å². The quantitative estimate of drug-likeness (QED) is 0.566. The van der Waals surface area contributed by atoms with Crippen LogP contribution in [-0.4, -0.2) is 31.9 Å². The van der Waals surface area contributed by atoms with Crippen molar-refractivity contribution in [3.8, 4) is 11.3 Å². The summed E-state index contributed by atoms with van der Waals surface area (Å²) in [7, 11) is 0. The molecular formula is C20H15ClN4O3. The van der Waals surface area contributed by atoms with Gasteiger partial charge < -0.3 is 9.32 Å². The maximum Gasteiger partial charge on any atom is 0.276 e. The van der Waals surface area contributed by atoms with E-state index in [9.17, 15) is 9.59 Å². The normalized spacial score (nSPS) is 13.7. The first-order chi connectivity index (χ1) is 13.6. The maximum atomic E-state index is 12.9. The number of benzene rings is 1. The van der Waals surface area contributed by atoms with Crippen molar-refractivity contribution in [1.29, 1.82) is 0 Å². The van der Waals surface area contributed by atoms with Gasteiger partial charge in [-0.15, -0.1) is 0 Å². The van der Waals surface area contributed by atoms with Gasteiger partial charge in [0.2, 0.25) is 0 Å². The molecule has 3 aromatic heterocycles. The number of halogens is 1. The highest BCUT2D eigenvalue weighted by Gasteiger charge is 2.26. The monoisotopic (exact) mass is 394 g/mol. The predicted molar refractivity (Wildman–Crippen MR) is 103 cm³/mol. The Hall–Kier alpha value is -3.32. The maximum absolute atomic E-state index is 12.9. The second kappa shape index (κ2) is 6.38. The molecule has 0 unspecified atom stereocenters. The second-order valence-corrected chi connectivity index (χ2v) is 7.08. The average Bonchev–Trinajstić information content (AvgIpc) is 3.37. The zero-order valence-corrected chi connectivity index (χ0v) is 15.4. The molecule has 1 aliphatic rings. The van der Waals surface area contributed by atoms with E-state index in [1.165, 1.54) is 17.0 Å². The molecule has 4 heterocycles. The van der Waals surface area contributed by atoms with Crippen LogP contribution in [0.25, 0.3) is 16.9 Å². The standard InChI is InChI=1S/C20H15ClN4O3/c21-15-4-2-1-3-13(15)16-9-18-22-17-10-24(19(26)12-6-8-28-11-12)7-5-14(17)20(27)25(18)23-16/h1-4,6,8-9,11,23H,5,7,10H2. The van der Waals surface area contributed by atoms with Gasteiger partial charge in [0.1, 0.15) is 6.26 Å². The van der Waals surface area contributed by atoms with Crippen molar-refractivity contribution in [3.63, 3.8) is 0 Å².